The Balaban J connectivity index is 2.56. The molecule has 2 aromatic rings. The fraction of sp³-hybridized carbons (Fsp3) is 0.167. The number of ether oxygens (including phenoxy) is 1. The summed E-state index contributed by atoms with van der Waals surface area (Å²) in [4.78, 5) is 15.4. The van der Waals surface area contributed by atoms with Crippen LogP contribution in [0.2, 0.25) is 0 Å². The molecular weight excluding hydrogens is 226 g/mol. The monoisotopic (exact) mass is 235 g/mol. The topological polar surface area (TPSA) is 39.2 Å². The number of carbonyl (C=O) groups excluding carboxylic acids is 1. The number of aromatic nitrogens is 1. The second kappa shape index (κ2) is 4.49. The average molecular weight is 236 g/mol. The van der Waals surface area contributed by atoms with Gasteiger partial charge in [0, 0.05) is 23.3 Å². The van der Waals surface area contributed by atoms with Crippen molar-refractivity contribution in [2.24, 2.45) is 0 Å². The van der Waals surface area contributed by atoms with Crippen LogP contribution in [0.25, 0.3) is 10.8 Å². The summed E-state index contributed by atoms with van der Waals surface area (Å²) in [5.74, 6) is -0.472. The highest BCUT2D eigenvalue weighted by Gasteiger charge is 2.20. The quantitative estimate of drug-likeness (QED) is 0.594. The molecule has 4 heteroatoms. The van der Waals surface area contributed by atoms with Crippen molar-refractivity contribution < 1.29 is 9.53 Å². The maximum atomic E-state index is 11.4. The van der Waals surface area contributed by atoms with Gasteiger partial charge in [-0.25, -0.2) is 0 Å². The number of carbonyl (C=O) groups is 1. The van der Waals surface area contributed by atoms with Crippen molar-refractivity contribution in [3.8, 4) is 0 Å². The summed E-state index contributed by atoms with van der Waals surface area (Å²) in [7, 11) is 1.32. The molecule has 0 spiro atoms. The minimum absolute atomic E-state index is 0.472. The predicted octanol–water partition coefficient (Wildman–Crippen LogP) is 2.69. The molecule has 2 rings (SSSR count). The van der Waals surface area contributed by atoms with E-state index >= 15 is 0 Å². The summed E-state index contributed by atoms with van der Waals surface area (Å²) in [6.45, 7) is 0. The molecule has 1 heterocycles. The molecule has 0 aliphatic heterocycles. The molecule has 0 N–H and O–H groups in total. The summed E-state index contributed by atoms with van der Waals surface area (Å²) in [5, 5.41) is 1.06. The third kappa shape index (κ3) is 1.86. The van der Waals surface area contributed by atoms with Gasteiger partial charge in [0.25, 0.3) is 0 Å². The van der Waals surface area contributed by atoms with Crippen LogP contribution in [0.1, 0.15) is 10.9 Å². The van der Waals surface area contributed by atoms with Crippen molar-refractivity contribution in [1.82, 2.24) is 4.98 Å². The van der Waals surface area contributed by atoms with Crippen LogP contribution < -0.4 is 0 Å². The van der Waals surface area contributed by atoms with E-state index < -0.39 is 11.3 Å². The number of fused-ring (bicyclic) bond motifs is 1. The molecule has 1 aromatic carbocycles. The average Bonchev–Trinajstić information content (AvgIpc) is 2.36. The first-order valence-corrected chi connectivity index (χ1v) is 5.22. The summed E-state index contributed by atoms with van der Waals surface area (Å²) in [6.07, 6.45) is 3.33. The summed E-state index contributed by atoms with van der Waals surface area (Å²) >= 11 is 6.02. The number of hydrogen-bond donors (Lipinski definition) is 0. The zero-order valence-corrected chi connectivity index (χ0v) is 9.44. The van der Waals surface area contributed by atoms with Crippen molar-refractivity contribution in [3.63, 3.8) is 0 Å². The lowest BCUT2D eigenvalue weighted by atomic mass is 10.1. The first-order valence-electron chi connectivity index (χ1n) is 4.78. The standard InChI is InChI=1S/C12H10ClNO2/c1-16-12(15)11(13)10-7-14-6-8-4-2-3-5-9(8)10/h2-7,11H,1H3. The zero-order valence-electron chi connectivity index (χ0n) is 8.68. The van der Waals surface area contributed by atoms with Crippen LogP contribution >= 0.6 is 11.6 Å². The smallest absolute Gasteiger partial charge is 0.328 e. The van der Waals surface area contributed by atoms with Crippen LogP contribution in [0.15, 0.2) is 36.7 Å². The number of alkyl halides is 1. The van der Waals surface area contributed by atoms with E-state index in [1.54, 1.807) is 12.4 Å². The lowest BCUT2D eigenvalue weighted by Gasteiger charge is -2.09. The number of halogens is 1. The Hall–Kier alpha value is -1.61. The first-order chi connectivity index (χ1) is 7.74. The molecule has 0 saturated heterocycles. The third-order valence-electron chi connectivity index (χ3n) is 2.38. The molecule has 0 radical (unpaired) electrons. The number of nitrogens with zero attached hydrogens (tertiary/aromatic N) is 1. The highest BCUT2D eigenvalue weighted by molar-refractivity contribution is 6.30. The first kappa shape index (κ1) is 10.9. The number of methoxy groups -OCH3 is 1. The Labute approximate surface area is 98.0 Å². The molecule has 1 aromatic heterocycles. The molecule has 1 atom stereocenters. The van der Waals surface area contributed by atoms with Crippen LogP contribution in [-0.4, -0.2) is 18.1 Å². The Bertz CT molecular complexity index is 522. The highest BCUT2D eigenvalue weighted by Crippen LogP contribution is 2.28. The third-order valence-corrected chi connectivity index (χ3v) is 2.79. The zero-order chi connectivity index (χ0) is 11.5. The van der Waals surface area contributed by atoms with Gasteiger partial charge >= 0.3 is 5.97 Å². The van der Waals surface area contributed by atoms with Gasteiger partial charge in [-0.15, -0.1) is 11.6 Å². The minimum Gasteiger partial charge on any atom is -0.468 e. The van der Waals surface area contributed by atoms with E-state index in [2.05, 4.69) is 9.72 Å². The summed E-state index contributed by atoms with van der Waals surface area (Å²) in [6, 6.07) is 7.64. The van der Waals surface area contributed by atoms with Crippen molar-refractivity contribution in [3.05, 3.63) is 42.2 Å². The van der Waals surface area contributed by atoms with Gasteiger partial charge in [-0.1, -0.05) is 24.3 Å². The fourth-order valence-electron chi connectivity index (χ4n) is 1.57. The van der Waals surface area contributed by atoms with Crippen LogP contribution in [0.3, 0.4) is 0 Å². The van der Waals surface area contributed by atoms with Crippen LogP contribution in [0.5, 0.6) is 0 Å². The van der Waals surface area contributed by atoms with Crippen molar-refractivity contribution >= 4 is 28.3 Å². The van der Waals surface area contributed by atoms with E-state index in [-0.39, 0.29) is 0 Å². The van der Waals surface area contributed by atoms with Gasteiger partial charge in [0.1, 0.15) is 0 Å². The minimum atomic E-state index is -0.816. The second-order valence-corrected chi connectivity index (χ2v) is 3.77. The van der Waals surface area contributed by atoms with Crippen molar-refractivity contribution in [2.45, 2.75) is 5.38 Å². The van der Waals surface area contributed by atoms with Crippen LogP contribution in [0, 0.1) is 0 Å². The van der Waals surface area contributed by atoms with Crippen LogP contribution in [0.4, 0.5) is 0 Å². The highest BCUT2D eigenvalue weighted by atomic mass is 35.5. The summed E-state index contributed by atoms with van der Waals surface area (Å²) < 4.78 is 4.62. The van der Waals surface area contributed by atoms with Crippen molar-refractivity contribution in [1.29, 1.82) is 0 Å². The van der Waals surface area contributed by atoms with E-state index in [0.717, 1.165) is 10.8 Å². The number of pyridine rings is 1. The molecule has 16 heavy (non-hydrogen) atoms. The van der Waals surface area contributed by atoms with E-state index in [1.165, 1.54) is 7.11 Å². The molecule has 0 saturated carbocycles. The number of rotatable bonds is 2. The molecule has 0 fully saturated rings. The molecule has 0 aliphatic rings. The van der Waals surface area contributed by atoms with Crippen molar-refractivity contribution in [2.75, 3.05) is 7.11 Å². The lowest BCUT2D eigenvalue weighted by Crippen LogP contribution is -2.09. The van der Waals surface area contributed by atoms with Gasteiger partial charge in [0.05, 0.1) is 7.11 Å². The van der Waals surface area contributed by atoms with Gasteiger partial charge in [-0.2, -0.15) is 0 Å². The van der Waals surface area contributed by atoms with Gasteiger partial charge in [-0.05, 0) is 5.39 Å². The molecule has 0 amide bonds. The Morgan fingerprint density at radius 2 is 2.12 bits per heavy atom. The SMILES string of the molecule is COC(=O)C(Cl)c1cncc2ccccc12. The number of esters is 1. The predicted molar refractivity (Wildman–Crippen MR) is 62.4 cm³/mol. The van der Waals surface area contributed by atoms with Gasteiger partial charge in [0.2, 0.25) is 0 Å². The Morgan fingerprint density at radius 1 is 1.38 bits per heavy atom. The van der Waals surface area contributed by atoms with Gasteiger partial charge in [0.15, 0.2) is 5.38 Å². The maximum absolute atomic E-state index is 11.4. The molecule has 0 aliphatic carbocycles. The molecule has 82 valence electrons. The Kier molecular flexibility index (Phi) is 3.06. The molecule has 1 unspecified atom stereocenters. The lowest BCUT2D eigenvalue weighted by molar-refractivity contribution is -0.140. The van der Waals surface area contributed by atoms with E-state index in [4.69, 9.17) is 11.6 Å². The van der Waals surface area contributed by atoms with E-state index in [0.29, 0.717) is 5.56 Å². The molecule has 0 bridgehead atoms. The number of benzene rings is 1. The Morgan fingerprint density at radius 3 is 2.88 bits per heavy atom. The second-order valence-electron chi connectivity index (χ2n) is 3.34. The fourth-order valence-corrected chi connectivity index (χ4v) is 1.84. The van der Waals surface area contributed by atoms with Crippen LogP contribution in [-0.2, 0) is 9.53 Å². The number of hydrogen-bond acceptors (Lipinski definition) is 3. The maximum Gasteiger partial charge on any atom is 0.328 e. The van der Waals surface area contributed by atoms with E-state index in [9.17, 15) is 4.79 Å². The molecule has 3 nitrogen and oxygen atoms in total. The van der Waals surface area contributed by atoms with E-state index in [1.807, 2.05) is 24.3 Å². The summed E-state index contributed by atoms with van der Waals surface area (Å²) in [5.41, 5.74) is 0.673. The van der Waals surface area contributed by atoms with Gasteiger partial charge in [-0.3, -0.25) is 9.78 Å². The molecular formula is C12H10ClNO2. The van der Waals surface area contributed by atoms with Gasteiger partial charge < -0.3 is 4.74 Å². The normalized spacial score (nSPS) is 12.4. The largest absolute Gasteiger partial charge is 0.468 e.